The summed E-state index contributed by atoms with van der Waals surface area (Å²) in [5, 5.41) is 0. The second kappa shape index (κ2) is 6.00. The van der Waals surface area contributed by atoms with E-state index in [0.717, 1.165) is 3.57 Å². The highest BCUT2D eigenvalue weighted by Gasteiger charge is 2.18. The maximum Gasteiger partial charge on any atom is 0.198 e. The van der Waals surface area contributed by atoms with Gasteiger partial charge in [-0.3, -0.25) is 4.79 Å². The molecule has 0 aliphatic carbocycles. The van der Waals surface area contributed by atoms with Crippen molar-refractivity contribution in [3.8, 4) is 5.75 Å². The Bertz CT molecular complexity index is 643. The molecule has 0 N–H and O–H groups in total. The molecule has 2 nitrogen and oxygen atoms in total. The van der Waals surface area contributed by atoms with Crippen LogP contribution < -0.4 is 4.74 Å². The van der Waals surface area contributed by atoms with Gasteiger partial charge in [-0.05, 0) is 59.0 Å². The van der Waals surface area contributed by atoms with E-state index in [2.05, 4.69) is 38.5 Å². The molecule has 0 aromatic heterocycles. The highest BCUT2D eigenvalue weighted by atomic mass is 127. The Kier molecular flexibility index (Phi) is 4.57. The van der Waals surface area contributed by atoms with E-state index in [-0.39, 0.29) is 11.3 Å². The summed E-state index contributed by atoms with van der Waals surface area (Å²) in [6.45, 7) is 0. The Morgan fingerprint density at radius 2 is 1.95 bits per heavy atom. The predicted octanol–water partition coefficient (Wildman–Crippen LogP) is 4.43. The Morgan fingerprint density at radius 3 is 2.63 bits per heavy atom. The summed E-state index contributed by atoms with van der Waals surface area (Å²) in [5.41, 5.74) is 0.695. The van der Waals surface area contributed by atoms with Crippen LogP contribution in [-0.2, 0) is 0 Å². The molecular formula is C14H9BrFIO2. The molecule has 2 aromatic carbocycles. The van der Waals surface area contributed by atoms with Crippen LogP contribution in [0.25, 0.3) is 0 Å². The monoisotopic (exact) mass is 434 g/mol. The molecule has 0 saturated carbocycles. The smallest absolute Gasteiger partial charge is 0.198 e. The van der Waals surface area contributed by atoms with Crippen molar-refractivity contribution in [2.24, 2.45) is 0 Å². The molecule has 0 unspecified atom stereocenters. The molecule has 0 fully saturated rings. The lowest BCUT2D eigenvalue weighted by molar-refractivity contribution is 0.103. The van der Waals surface area contributed by atoms with Gasteiger partial charge in [0.2, 0.25) is 0 Å². The van der Waals surface area contributed by atoms with Crippen LogP contribution in [-0.4, -0.2) is 12.9 Å². The van der Waals surface area contributed by atoms with Gasteiger partial charge in [0.25, 0.3) is 0 Å². The fraction of sp³-hybridized carbons (Fsp3) is 0.0714. The molecular weight excluding hydrogens is 426 g/mol. The number of rotatable bonds is 3. The minimum atomic E-state index is -0.448. The van der Waals surface area contributed by atoms with Crippen LogP contribution in [0.4, 0.5) is 4.39 Å². The first-order chi connectivity index (χ1) is 9.02. The van der Waals surface area contributed by atoms with Crippen LogP contribution in [0.5, 0.6) is 5.75 Å². The fourth-order valence-corrected chi connectivity index (χ4v) is 2.59. The number of hydrogen-bond donors (Lipinski definition) is 0. The predicted molar refractivity (Wildman–Crippen MR) is 83.2 cm³/mol. The third-order valence-electron chi connectivity index (χ3n) is 2.58. The minimum Gasteiger partial charge on any atom is -0.496 e. The van der Waals surface area contributed by atoms with Gasteiger partial charge in [0, 0.05) is 13.6 Å². The average Bonchev–Trinajstić information content (AvgIpc) is 2.40. The van der Waals surface area contributed by atoms with E-state index in [1.54, 1.807) is 12.1 Å². The average molecular weight is 435 g/mol. The molecule has 5 heteroatoms. The SMILES string of the molecule is COc1ccc(I)cc1C(=O)c1cc(F)ccc1Br. The highest BCUT2D eigenvalue weighted by molar-refractivity contribution is 14.1. The standard InChI is InChI=1S/C14H9BrFIO2/c1-19-13-5-3-9(17)7-11(13)14(18)10-6-8(16)2-4-12(10)15/h2-7H,1H3. The second-order valence-corrected chi connectivity index (χ2v) is 5.90. The quantitative estimate of drug-likeness (QED) is 0.527. The summed E-state index contributed by atoms with van der Waals surface area (Å²) in [4.78, 5) is 12.5. The second-order valence-electron chi connectivity index (χ2n) is 3.80. The Balaban J connectivity index is 2.55. The van der Waals surface area contributed by atoms with Crippen molar-refractivity contribution >= 4 is 44.3 Å². The molecule has 0 heterocycles. The van der Waals surface area contributed by atoms with E-state index >= 15 is 0 Å². The third-order valence-corrected chi connectivity index (χ3v) is 3.94. The number of halogens is 3. The minimum absolute atomic E-state index is 0.276. The van der Waals surface area contributed by atoms with E-state index in [0.29, 0.717) is 15.8 Å². The molecule has 98 valence electrons. The van der Waals surface area contributed by atoms with Gasteiger partial charge in [-0.2, -0.15) is 0 Å². The molecule has 0 radical (unpaired) electrons. The number of methoxy groups -OCH3 is 1. The zero-order chi connectivity index (χ0) is 14.0. The van der Waals surface area contributed by atoms with E-state index in [1.165, 1.54) is 25.3 Å². The lowest BCUT2D eigenvalue weighted by Crippen LogP contribution is -2.06. The molecule has 2 rings (SSSR count). The molecule has 0 aliphatic heterocycles. The Labute approximate surface area is 132 Å². The summed E-state index contributed by atoms with van der Waals surface area (Å²) >= 11 is 5.38. The molecule has 0 atom stereocenters. The van der Waals surface area contributed by atoms with Crippen LogP contribution in [0.1, 0.15) is 15.9 Å². The van der Waals surface area contributed by atoms with Gasteiger partial charge in [0.1, 0.15) is 11.6 Å². The van der Waals surface area contributed by atoms with Crippen molar-refractivity contribution in [2.45, 2.75) is 0 Å². The van der Waals surface area contributed by atoms with Gasteiger partial charge < -0.3 is 4.74 Å². The molecule has 2 aromatic rings. The maximum absolute atomic E-state index is 13.3. The summed E-state index contributed by atoms with van der Waals surface area (Å²) in [7, 11) is 1.50. The largest absolute Gasteiger partial charge is 0.496 e. The van der Waals surface area contributed by atoms with Crippen molar-refractivity contribution < 1.29 is 13.9 Å². The number of hydrogen-bond acceptors (Lipinski definition) is 2. The number of benzene rings is 2. The van der Waals surface area contributed by atoms with Crippen LogP contribution in [0, 0.1) is 9.39 Å². The number of ether oxygens (including phenoxy) is 1. The van der Waals surface area contributed by atoms with E-state index in [9.17, 15) is 9.18 Å². The summed E-state index contributed by atoms with van der Waals surface area (Å²) in [6, 6.07) is 9.32. The first-order valence-corrected chi connectivity index (χ1v) is 7.23. The van der Waals surface area contributed by atoms with Gasteiger partial charge in [-0.25, -0.2) is 4.39 Å². The van der Waals surface area contributed by atoms with E-state index in [1.807, 2.05) is 6.07 Å². The van der Waals surface area contributed by atoms with Gasteiger partial charge in [0.15, 0.2) is 5.78 Å². The van der Waals surface area contributed by atoms with Crippen LogP contribution in [0.3, 0.4) is 0 Å². The normalized spacial score (nSPS) is 10.3. The zero-order valence-corrected chi connectivity index (χ0v) is 13.7. The number of carbonyl (C=O) groups excluding carboxylic acids is 1. The van der Waals surface area contributed by atoms with Gasteiger partial charge in [0.05, 0.1) is 12.7 Å². The van der Waals surface area contributed by atoms with E-state index in [4.69, 9.17) is 4.74 Å². The fourth-order valence-electron chi connectivity index (χ4n) is 1.67. The third kappa shape index (κ3) is 3.14. The van der Waals surface area contributed by atoms with Crippen molar-refractivity contribution in [1.82, 2.24) is 0 Å². The van der Waals surface area contributed by atoms with Crippen molar-refractivity contribution in [3.05, 3.63) is 61.4 Å². The Morgan fingerprint density at radius 1 is 1.21 bits per heavy atom. The molecule has 0 spiro atoms. The van der Waals surface area contributed by atoms with Gasteiger partial charge in [-0.15, -0.1) is 0 Å². The molecule has 0 saturated heterocycles. The van der Waals surface area contributed by atoms with Gasteiger partial charge in [-0.1, -0.05) is 15.9 Å². The number of ketones is 1. The lowest BCUT2D eigenvalue weighted by Gasteiger charge is -2.09. The summed E-state index contributed by atoms with van der Waals surface area (Å²) in [6.07, 6.45) is 0. The van der Waals surface area contributed by atoms with E-state index < -0.39 is 5.82 Å². The van der Waals surface area contributed by atoms with Crippen LogP contribution >= 0.6 is 38.5 Å². The first-order valence-electron chi connectivity index (χ1n) is 5.36. The van der Waals surface area contributed by atoms with Gasteiger partial charge >= 0.3 is 0 Å². The van der Waals surface area contributed by atoms with Crippen molar-refractivity contribution in [2.75, 3.05) is 7.11 Å². The first kappa shape index (κ1) is 14.5. The topological polar surface area (TPSA) is 26.3 Å². The molecule has 0 amide bonds. The summed E-state index contributed by atoms with van der Waals surface area (Å²) < 4.78 is 19.9. The van der Waals surface area contributed by atoms with Crippen molar-refractivity contribution in [3.63, 3.8) is 0 Å². The molecule has 0 aliphatic rings. The molecule has 19 heavy (non-hydrogen) atoms. The van der Waals surface area contributed by atoms with Crippen LogP contribution in [0.15, 0.2) is 40.9 Å². The maximum atomic E-state index is 13.3. The zero-order valence-electron chi connectivity index (χ0n) is 9.91. The molecule has 0 bridgehead atoms. The Hall–Kier alpha value is -0.950. The summed E-state index contributed by atoms with van der Waals surface area (Å²) in [5.74, 6) is -0.250. The number of carbonyl (C=O) groups is 1. The highest BCUT2D eigenvalue weighted by Crippen LogP contribution is 2.27. The van der Waals surface area contributed by atoms with Crippen molar-refractivity contribution in [1.29, 1.82) is 0 Å². The van der Waals surface area contributed by atoms with Crippen LogP contribution in [0.2, 0.25) is 0 Å². The lowest BCUT2D eigenvalue weighted by atomic mass is 10.0.